The summed E-state index contributed by atoms with van der Waals surface area (Å²) in [5.41, 5.74) is 4.35. The number of anilines is 1. The van der Waals surface area contributed by atoms with Gasteiger partial charge in [0, 0.05) is 0 Å². The molecule has 2 heterocycles. The van der Waals surface area contributed by atoms with E-state index in [0.29, 0.717) is 0 Å². The Kier molecular flexibility index (Phi) is 3.78. The molecule has 21 heavy (non-hydrogen) atoms. The molecule has 0 radical (unpaired) electrons. The minimum absolute atomic E-state index is 0.00903. The van der Waals surface area contributed by atoms with Crippen molar-refractivity contribution in [3.05, 3.63) is 29.7 Å². The van der Waals surface area contributed by atoms with E-state index >= 15 is 0 Å². The fourth-order valence-corrected chi connectivity index (χ4v) is 1.46. The summed E-state index contributed by atoms with van der Waals surface area (Å²) in [4.78, 5) is 11.5. The first-order chi connectivity index (χ1) is 9.82. The van der Waals surface area contributed by atoms with Crippen LogP contribution in [0.15, 0.2) is 18.3 Å². The number of alkyl halides is 3. The number of carbonyl (C=O) groups is 1. The third-order valence-electron chi connectivity index (χ3n) is 2.39. The summed E-state index contributed by atoms with van der Waals surface area (Å²) >= 11 is 0. The zero-order chi connectivity index (χ0) is 15.6. The van der Waals surface area contributed by atoms with Crippen LogP contribution in [0.4, 0.5) is 18.9 Å². The van der Waals surface area contributed by atoms with Crippen LogP contribution in [0.1, 0.15) is 23.1 Å². The molecule has 0 saturated carbocycles. The van der Waals surface area contributed by atoms with Gasteiger partial charge in [0.2, 0.25) is 0 Å². The minimum atomic E-state index is -4.58. The molecule has 10 heteroatoms. The van der Waals surface area contributed by atoms with E-state index in [0.717, 1.165) is 16.8 Å². The molecule has 0 bridgehead atoms. The van der Waals surface area contributed by atoms with Crippen molar-refractivity contribution in [1.82, 2.24) is 20.0 Å². The van der Waals surface area contributed by atoms with Crippen LogP contribution in [0.5, 0.6) is 0 Å². The van der Waals surface area contributed by atoms with E-state index < -0.39 is 17.8 Å². The van der Waals surface area contributed by atoms with Gasteiger partial charge in [-0.15, -0.1) is 10.2 Å². The quantitative estimate of drug-likeness (QED) is 0.862. The molecule has 0 unspecified atom stereocenters. The number of nitrogens with zero attached hydrogens (tertiary/aromatic N) is 4. The smallest absolute Gasteiger partial charge is 0.435 e. The molecule has 0 amide bonds. The molecule has 112 valence electrons. The lowest BCUT2D eigenvalue weighted by molar-refractivity contribution is -0.141. The van der Waals surface area contributed by atoms with Crippen molar-refractivity contribution in [2.24, 2.45) is 0 Å². The Morgan fingerprint density at radius 1 is 1.38 bits per heavy atom. The monoisotopic (exact) mass is 301 g/mol. The fraction of sp³-hybridized carbons (Fsp3) is 0.273. The van der Waals surface area contributed by atoms with Gasteiger partial charge in [-0.05, 0) is 19.1 Å². The minimum Gasteiger partial charge on any atom is -0.461 e. The van der Waals surface area contributed by atoms with Crippen LogP contribution in [0.25, 0.3) is 5.82 Å². The third kappa shape index (κ3) is 3.09. The lowest BCUT2D eigenvalue weighted by Gasteiger charge is -2.05. The van der Waals surface area contributed by atoms with Crippen LogP contribution in [0.3, 0.4) is 0 Å². The number of aromatic nitrogens is 4. The first kappa shape index (κ1) is 14.8. The molecule has 0 aliphatic heterocycles. The highest BCUT2D eigenvalue weighted by Crippen LogP contribution is 2.27. The summed E-state index contributed by atoms with van der Waals surface area (Å²) in [6.07, 6.45) is -3.34. The Balaban J connectivity index is 2.31. The molecule has 0 aromatic carbocycles. The summed E-state index contributed by atoms with van der Waals surface area (Å²) in [6, 6.07) is 1.82. The Hall–Kier alpha value is -2.65. The highest BCUT2D eigenvalue weighted by atomic mass is 19.4. The zero-order valence-corrected chi connectivity index (χ0v) is 10.8. The molecule has 0 aliphatic rings. The largest absolute Gasteiger partial charge is 0.461 e. The molecule has 2 aromatic heterocycles. The number of nitrogen functional groups attached to an aromatic ring is 1. The second-order valence-electron chi connectivity index (χ2n) is 3.87. The number of nitrogens with two attached hydrogens (primary N) is 1. The van der Waals surface area contributed by atoms with Gasteiger partial charge in [0.15, 0.2) is 17.2 Å². The number of ether oxygens (including phenoxy) is 1. The first-order valence-corrected chi connectivity index (χ1v) is 5.76. The third-order valence-corrected chi connectivity index (χ3v) is 2.39. The Bertz CT molecular complexity index is 651. The molecular weight excluding hydrogens is 291 g/mol. The predicted octanol–water partition coefficient (Wildman–Crippen LogP) is 1.44. The van der Waals surface area contributed by atoms with Gasteiger partial charge in [-0.25, -0.2) is 9.48 Å². The van der Waals surface area contributed by atoms with Crippen LogP contribution in [-0.4, -0.2) is 32.6 Å². The van der Waals surface area contributed by atoms with E-state index in [9.17, 15) is 18.0 Å². The van der Waals surface area contributed by atoms with Crippen LogP contribution in [0.2, 0.25) is 0 Å². The number of hydrogen-bond acceptors (Lipinski definition) is 6. The first-order valence-electron chi connectivity index (χ1n) is 5.76. The maximum atomic E-state index is 12.4. The standard InChI is InChI=1S/C11H10F3N5O2/c1-2-21-10(20)9-6(15)5-19(18-9)8-4-3-7(16-17-8)11(12,13)14/h3-5H,2,15H2,1H3. The van der Waals surface area contributed by atoms with Gasteiger partial charge in [-0.3, -0.25) is 0 Å². The molecule has 2 rings (SSSR count). The Morgan fingerprint density at radius 3 is 2.62 bits per heavy atom. The van der Waals surface area contributed by atoms with E-state index in [2.05, 4.69) is 15.3 Å². The van der Waals surface area contributed by atoms with Crippen molar-refractivity contribution < 1.29 is 22.7 Å². The van der Waals surface area contributed by atoms with Gasteiger partial charge in [0.05, 0.1) is 18.5 Å². The second-order valence-corrected chi connectivity index (χ2v) is 3.87. The molecule has 0 aliphatic carbocycles. The number of halogens is 3. The molecule has 0 spiro atoms. The number of esters is 1. The summed E-state index contributed by atoms with van der Waals surface area (Å²) in [5, 5.41) is 10.3. The summed E-state index contributed by atoms with van der Waals surface area (Å²) in [5.74, 6) is -0.737. The average Bonchev–Trinajstić information content (AvgIpc) is 2.80. The van der Waals surface area contributed by atoms with Crippen molar-refractivity contribution >= 4 is 11.7 Å². The summed E-state index contributed by atoms with van der Waals surface area (Å²) in [7, 11) is 0. The maximum absolute atomic E-state index is 12.4. The SMILES string of the molecule is CCOC(=O)c1nn(-c2ccc(C(F)(F)F)nn2)cc1N. The lowest BCUT2D eigenvalue weighted by atomic mass is 10.4. The normalized spacial score (nSPS) is 11.4. The summed E-state index contributed by atoms with van der Waals surface area (Å²) in [6.45, 7) is 1.76. The maximum Gasteiger partial charge on any atom is 0.435 e. The number of hydrogen-bond donors (Lipinski definition) is 1. The van der Waals surface area contributed by atoms with Crippen molar-refractivity contribution in [1.29, 1.82) is 0 Å². The molecule has 0 saturated heterocycles. The average molecular weight is 301 g/mol. The van der Waals surface area contributed by atoms with Crippen molar-refractivity contribution in [2.75, 3.05) is 12.3 Å². The van der Waals surface area contributed by atoms with Gasteiger partial charge in [-0.2, -0.15) is 18.3 Å². The highest BCUT2D eigenvalue weighted by Gasteiger charge is 2.33. The van der Waals surface area contributed by atoms with Crippen molar-refractivity contribution in [2.45, 2.75) is 13.1 Å². The van der Waals surface area contributed by atoms with Crippen LogP contribution in [-0.2, 0) is 10.9 Å². The van der Waals surface area contributed by atoms with E-state index in [1.165, 1.54) is 6.20 Å². The second kappa shape index (κ2) is 5.38. The molecule has 2 aromatic rings. The van der Waals surface area contributed by atoms with Gasteiger partial charge < -0.3 is 10.5 Å². The number of carbonyl (C=O) groups excluding carboxylic acids is 1. The van der Waals surface area contributed by atoms with Crippen LogP contribution in [0, 0.1) is 0 Å². The molecule has 0 atom stereocenters. The van der Waals surface area contributed by atoms with E-state index in [1.807, 2.05) is 0 Å². The summed E-state index contributed by atoms with van der Waals surface area (Å²) < 4.78 is 42.9. The van der Waals surface area contributed by atoms with Crippen molar-refractivity contribution in [3.63, 3.8) is 0 Å². The van der Waals surface area contributed by atoms with E-state index in [1.54, 1.807) is 6.92 Å². The highest BCUT2D eigenvalue weighted by molar-refractivity contribution is 5.92. The predicted molar refractivity (Wildman–Crippen MR) is 64.5 cm³/mol. The Morgan fingerprint density at radius 2 is 2.10 bits per heavy atom. The van der Waals surface area contributed by atoms with Gasteiger partial charge in [-0.1, -0.05) is 0 Å². The lowest BCUT2D eigenvalue weighted by Crippen LogP contribution is -2.11. The van der Waals surface area contributed by atoms with Gasteiger partial charge >= 0.3 is 12.1 Å². The molecule has 2 N–H and O–H groups in total. The molecule has 0 fully saturated rings. The van der Waals surface area contributed by atoms with E-state index in [-0.39, 0.29) is 23.8 Å². The van der Waals surface area contributed by atoms with Gasteiger partial charge in [0.1, 0.15) is 0 Å². The topological polar surface area (TPSA) is 95.9 Å². The zero-order valence-electron chi connectivity index (χ0n) is 10.8. The van der Waals surface area contributed by atoms with Gasteiger partial charge in [0.25, 0.3) is 0 Å². The Labute approximate surface area is 116 Å². The van der Waals surface area contributed by atoms with Crippen LogP contribution >= 0.6 is 0 Å². The fourth-order valence-electron chi connectivity index (χ4n) is 1.46. The molecule has 7 nitrogen and oxygen atoms in total. The number of rotatable bonds is 3. The molecular formula is C11H10F3N5O2. The van der Waals surface area contributed by atoms with E-state index in [4.69, 9.17) is 10.5 Å². The van der Waals surface area contributed by atoms with Crippen molar-refractivity contribution in [3.8, 4) is 5.82 Å². The van der Waals surface area contributed by atoms with Crippen LogP contribution < -0.4 is 5.73 Å².